The van der Waals surface area contributed by atoms with E-state index in [0.717, 1.165) is 24.8 Å². The lowest BCUT2D eigenvalue weighted by atomic mass is 9.97. The van der Waals surface area contributed by atoms with Crippen LogP contribution >= 0.6 is 11.6 Å². The van der Waals surface area contributed by atoms with Crippen molar-refractivity contribution in [2.24, 2.45) is 0 Å². The van der Waals surface area contributed by atoms with Crippen molar-refractivity contribution in [1.82, 2.24) is 10.3 Å². The Kier molecular flexibility index (Phi) is 4.82. The number of ketones is 1. The van der Waals surface area contributed by atoms with E-state index in [1.807, 2.05) is 0 Å². The SMILES string of the molecule is O=C(NCCC1=CCCCC1)C(=O)c1c[nH]c2ccc(Cl)cc12. The third kappa shape index (κ3) is 3.64. The summed E-state index contributed by atoms with van der Waals surface area (Å²) in [6.07, 6.45) is 9.32. The second-order valence-corrected chi connectivity index (χ2v) is 6.27. The molecule has 1 amide bonds. The zero-order chi connectivity index (χ0) is 16.2. The molecule has 0 fully saturated rings. The van der Waals surface area contributed by atoms with E-state index >= 15 is 0 Å². The minimum absolute atomic E-state index is 0.358. The molecule has 1 aliphatic rings. The van der Waals surface area contributed by atoms with Gasteiger partial charge in [0.05, 0.1) is 5.56 Å². The van der Waals surface area contributed by atoms with Crippen LogP contribution in [-0.4, -0.2) is 23.2 Å². The van der Waals surface area contributed by atoms with Crippen LogP contribution < -0.4 is 5.32 Å². The van der Waals surface area contributed by atoms with Gasteiger partial charge in [0.15, 0.2) is 0 Å². The van der Waals surface area contributed by atoms with Gasteiger partial charge in [-0.05, 0) is 50.3 Å². The normalized spacial score (nSPS) is 14.6. The van der Waals surface area contributed by atoms with Gasteiger partial charge < -0.3 is 10.3 Å². The maximum Gasteiger partial charge on any atom is 0.292 e. The minimum Gasteiger partial charge on any atom is -0.360 e. The van der Waals surface area contributed by atoms with Crippen molar-refractivity contribution in [3.05, 3.63) is 46.6 Å². The molecule has 1 aromatic carbocycles. The Morgan fingerprint density at radius 3 is 2.91 bits per heavy atom. The van der Waals surface area contributed by atoms with Gasteiger partial charge in [0.1, 0.15) is 0 Å². The Labute approximate surface area is 139 Å². The number of nitrogens with one attached hydrogen (secondary N) is 2. The first-order chi connectivity index (χ1) is 11.1. The summed E-state index contributed by atoms with van der Waals surface area (Å²) in [6, 6.07) is 5.23. The lowest BCUT2D eigenvalue weighted by molar-refractivity contribution is -0.116. The monoisotopic (exact) mass is 330 g/mol. The maximum atomic E-state index is 12.3. The number of benzene rings is 1. The molecule has 4 nitrogen and oxygen atoms in total. The van der Waals surface area contributed by atoms with Gasteiger partial charge in [-0.2, -0.15) is 0 Å². The fraction of sp³-hybridized carbons (Fsp3) is 0.333. The van der Waals surface area contributed by atoms with Crippen molar-refractivity contribution in [3.63, 3.8) is 0 Å². The van der Waals surface area contributed by atoms with Crippen molar-refractivity contribution >= 4 is 34.2 Å². The molecule has 0 saturated carbocycles. The summed E-state index contributed by atoms with van der Waals surface area (Å²) >= 11 is 5.97. The third-order valence-corrected chi connectivity index (χ3v) is 4.45. The Bertz CT molecular complexity index is 776. The molecule has 0 spiro atoms. The number of fused-ring (bicyclic) bond motifs is 1. The number of aromatic amines is 1. The fourth-order valence-electron chi connectivity index (χ4n) is 2.95. The number of allylic oxidation sites excluding steroid dienone is 1. The van der Waals surface area contributed by atoms with E-state index in [0.29, 0.717) is 22.5 Å². The van der Waals surface area contributed by atoms with Gasteiger partial charge in [0.2, 0.25) is 0 Å². The molecule has 0 radical (unpaired) electrons. The van der Waals surface area contributed by atoms with Gasteiger partial charge in [-0.15, -0.1) is 0 Å². The average Bonchev–Trinajstić information content (AvgIpc) is 2.98. The topological polar surface area (TPSA) is 62.0 Å². The zero-order valence-electron chi connectivity index (χ0n) is 12.8. The van der Waals surface area contributed by atoms with Crippen molar-refractivity contribution in [3.8, 4) is 0 Å². The van der Waals surface area contributed by atoms with Crippen LogP contribution in [0.2, 0.25) is 5.02 Å². The van der Waals surface area contributed by atoms with E-state index in [1.54, 1.807) is 24.4 Å². The van der Waals surface area contributed by atoms with Crippen LogP contribution in [0.5, 0.6) is 0 Å². The van der Waals surface area contributed by atoms with Crippen molar-refractivity contribution in [1.29, 1.82) is 0 Å². The van der Waals surface area contributed by atoms with Crippen LogP contribution in [0.3, 0.4) is 0 Å². The number of rotatable bonds is 5. The van der Waals surface area contributed by atoms with Gasteiger partial charge in [0.25, 0.3) is 11.7 Å². The predicted octanol–water partition coefficient (Wildman–Crippen LogP) is 4.01. The number of amides is 1. The highest BCUT2D eigenvalue weighted by atomic mass is 35.5. The standard InChI is InChI=1S/C18H19ClN2O2/c19-13-6-7-16-14(10-13)15(11-21-16)17(22)18(23)20-9-8-12-4-2-1-3-5-12/h4,6-7,10-11,21H,1-3,5,8-9H2,(H,20,23). The molecule has 1 heterocycles. The van der Waals surface area contributed by atoms with Crippen LogP contribution in [-0.2, 0) is 4.79 Å². The number of H-pyrrole nitrogens is 1. The first-order valence-corrected chi connectivity index (χ1v) is 8.30. The van der Waals surface area contributed by atoms with Gasteiger partial charge in [-0.1, -0.05) is 23.3 Å². The number of carbonyl (C=O) groups excluding carboxylic acids is 2. The molecule has 120 valence electrons. The Hall–Kier alpha value is -2.07. The Morgan fingerprint density at radius 1 is 1.26 bits per heavy atom. The summed E-state index contributed by atoms with van der Waals surface area (Å²) < 4.78 is 0. The third-order valence-electron chi connectivity index (χ3n) is 4.21. The fourth-order valence-corrected chi connectivity index (χ4v) is 3.12. The zero-order valence-corrected chi connectivity index (χ0v) is 13.6. The smallest absolute Gasteiger partial charge is 0.292 e. The van der Waals surface area contributed by atoms with E-state index in [4.69, 9.17) is 11.6 Å². The summed E-state index contributed by atoms with van der Waals surface area (Å²) in [6.45, 7) is 0.500. The second kappa shape index (κ2) is 7.01. The second-order valence-electron chi connectivity index (χ2n) is 5.84. The molecule has 1 aliphatic carbocycles. The molecule has 0 unspecified atom stereocenters. The lowest BCUT2D eigenvalue weighted by Gasteiger charge is -2.12. The molecular weight excluding hydrogens is 312 g/mol. The summed E-state index contributed by atoms with van der Waals surface area (Å²) in [5, 5.41) is 3.93. The molecule has 0 saturated heterocycles. The van der Waals surface area contributed by atoms with Crippen LogP contribution in [0, 0.1) is 0 Å². The molecular formula is C18H19ClN2O2. The first kappa shape index (κ1) is 15.8. The summed E-state index contributed by atoms with van der Waals surface area (Å²) in [5.41, 5.74) is 2.53. The van der Waals surface area contributed by atoms with Crippen molar-refractivity contribution < 1.29 is 9.59 Å². The molecule has 2 N–H and O–H groups in total. The maximum absolute atomic E-state index is 12.3. The van der Waals surface area contributed by atoms with Crippen molar-refractivity contribution in [2.75, 3.05) is 6.54 Å². The first-order valence-electron chi connectivity index (χ1n) is 7.92. The average molecular weight is 331 g/mol. The van der Waals surface area contributed by atoms with Gasteiger partial charge in [-0.3, -0.25) is 9.59 Å². The summed E-state index contributed by atoms with van der Waals surface area (Å²) in [4.78, 5) is 27.4. The quantitative estimate of drug-likeness (QED) is 0.494. The van der Waals surface area contributed by atoms with E-state index in [9.17, 15) is 9.59 Å². The Morgan fingerprint density at radius 2 is 2.13 bits per heavy atom. The molecule has 0 aliphatic heterocycles. The molecule has 5 heteroatoms. The van der Waals surface area contributed by atoms with E-state index < -0.39 is 11.7 Å². The predicted molar refractivity (Wildman–Crippen MR) is 91.8 cm³/mol. The number of hydrogen-bond acceptors (Lipinski definition) is 2. The molecule has 2 aromatic rings. The lowest BCUT2D eigenvalue weighted by Crippen LogP contribution is -2.31. The van der Waals surface area contributed by atoms with E-state index in [-0.39, 0.29) is 0 Å². The van der Waals surface area contributed by atoms with E-state index in [1.165, 1.54) is 18.4 Å². The minimum atomic E-state index is -0.567. The number of hydrogen-bond donors (Lipinski definition) is 2. The highest BCUT2D eigenvalue weighted by Crippen LogP contribution is 2.23. The van der Waals surface area contributed by atoms with Gasteiger partial charge in [-0.25, -0.2) is 0 Å². The number of halogens is 1. The van der Waals surface area contributed by atoms with Gasteiger partial charge in [0, 0.05) is 28.7 Å². The molecule has 3 rings (SSSR count). The summed E-state index contributed by atoms with van der Waals surface area (Å²) in [7, 11) is 0. The molecule has 0 atom stereocenters. The van der Waals surface area contributed by atoms with Crippen molar-refractivity contribution in [2.45, 2.75) is 32.1 Å². The molecule has 23 heavy (non-hydrogen) atoms. The number of aromatic nitrogens is 1. The van der Waals surface area contributed by atoms with Crippen LogP contribution in [0.4, 0.5) is 0 Å². The number of carbonyl (C=O) groups is 2. The van der Waals surface area contributed by atoms with Crippen LogP contribution in [0.25, 0.3) is 10.9 Å². The number of Topliss-reactive ketones (excluding diaryl/α,β-unsaturated/α-hetero) is 1. The van der Waals surface area contributed by atoms with Gasteiger partial charge >= 0.3 is 0 Å². The highest BCUT2D eigenvalue weighted by Gasteiger charge is 2.19. The van der Waals surface area contributed by atoms with Crippen LogP contribution in [0.15, 0.2) is 36.0 Å². The largest absolute Gasteiger partial charge is 0.360 e. The molecule has 1 aromatic heterocycles. The summed E-state index contributed by atoms with van der Waals surface area (Å²) in [5.74, 6) is -1.10. The van der Waals surface area contributed by atoms with E-state index in [2.05, 4.69) is 16.4 Å². The Balaban J connectivity index is 1.63. The molecule has 0 bridgehead atoms. The van der Waals surface area contributed by atoms with Crippen LogP contribution in [0.1, 0.15) is 42.5 Å². The highest BCUT2D eigenvalue weighted by molar-refractivity contribution is 6.45.